The highest BCUT2D eigenvalue weighted by molar-refractivity contribution is 4.80. The van der Waals surface area contributed by atoms with Crippen LogP contribution in [0.15, 0.2) is 0 Å². The smallest absolute Gasteiger partial charge is 0.0355 e. The Kier molecular flexibility index (Phi) is 7.16. The molecule has 0 heterocycles. The van der Waals surface area contributed by atoms with Gasteiger partial charge in [-0.25, -0.2) is 0 Å². The van der Waals surface area contributed by atoms with Crippen molar-refractivity contribution in [3.05, 3.63) is 6.42 Å². The molecule has 0 N–H and O–H groups in total. The Balaban J connectivity index is 2.51. The van der Waals surface area contributed by atoms with Crippen LogP contribution in [0.3, 0.4) is 0 Å². The molecule has 0 heteroatoms. The lowest BCUT2D eigenvalue weighted by atomic mass is 9.79. The molecule has 0 aromatic carbocycles. The predicted molar refractivity (Wildman–Crippen MR) is 73.3 cm³/mol. The van der Waals surface area contributed by atoms with Crippen molar-refractivity contribution >= 4 is 0 Å². The zero-order valence-electron chi connectivity index (χ0n) is 11.7. The fourth-order valence-corrected chi connectivity index (χ4v) is 3.18. The van der Waals surface area contributed by atoms with E-state index in [9.17, 15) is 0 Å². The molecule has 1 fully saturated rings. The van der Waals surface area contributed by atoms with Gasteiger partial charge in [-0.15, -0.1) is 0 Å². The zero-order valence-corrected chi connectivity index (χ0v) is 11.7. The van der Waals surface area contributed by atoms with Gasteiger partial charge >= 0.3 is 0 Å². The number of hydrogen-bond acceptors (Lipinski definition) is 0. The van der Waals surface area contributed by atoms with E-state index in [1.54, 1.807) is 0 Å². The van der Waals surface area contributed by atoms with Crippen LogP contribution in [0.4, 0.5) is 0 Å². The Hall–Kier alpha value is 0. The summed E-state index contributed by atoms with van der Waals surface area (Å²) in [5.74, 6) is 2.91. The third kappa shape index (κ3) is 4.89. The lowest BCUT2D eigenvalue weighted by molar-refractivity contribution is 0.275. The predicted octanol–water partition coefficient (Wildman–Crippen LogP) is 5.62. The first-order valence-electron chi connectivity index (χ1n) is 7.63. The summed E-state index contributed by atoms with van der Waals surface area (Å²) in [6.07, 6.45) is 15.5. The van der Waals surface area contributed by atoms with Gasteiger partial charge in [0.05, 0.1) is 0 Å². The number of rotatable bonds is 3. The highest BCUT2D eigenvalue weighted by Gasteiger charge is 2.19. The van der Waals surface area contributed by atoms with Gasteiger partial charge in [0.15, 0.2) is 0 Å². The standard InChI is InChI=1S/C16H31/c1-4-14-10-8-7-9-11-15(5-2)13-16(6-3)12-14/h10,14-16H,4-9,11-13H2,1-3H3. The molecule has 1 rings (SSSR count). The molecule has 1 aliphatic rings. The van der Waals surface area contributed by atoms with E-state index in [1.807, 2.05) is 0 Å². The van der Waals surface area contributed by atoms with Crippen LogP contribution in [-0.2, 0) is 0 Å². The Morgan fingerprint density at radius 1 is 0.875 bits per heavy atom. The lowest BCUT2D eigenvalue weighted by Gasteiger charge is -2.27. The molecular formula is C16H31. The highest BCUT2D eigenvalue weighted by atomic mass is 14.2. The molecule has 0 amide bonds. The fourth-order valence-electron chi connectivity index (χ4n) is 3.18. The Morgan fingerprint density at radius 3 is 2.25 bits per heavy atom. The molecule has 16 heavy (non-hydrogen) atoms. The van der Waals surface area contributed by atoms with Crippen LogP contribution in [0.5, 0.6) is 0 Å². The molecule has 95 valence electrons. The summed E-state index contributed by atoms with van der Waals surface area (Å²) in [6.45, 7) is 7.12. The molecule has 0 saturated heterocycles. The second-order valence-electron chi connectivity index (χ2n) is 5.71. The molecule has 1 aliphatic carbocycles. The molecule has 3 unspecified atom stereocenters. The van der Waals surface area contributed by atoms with Crippen molar-refractivity contribution in [2.45, 2.75) is 78.6 Å². The maximum absolute atomic E-state index is 2.62. The van der Waals surface area contributed by atoms with Crippen LogP contribution in [0.2, 0.25) is 0 Å². The highest BCUT2D eigenvalue weighted by Crippen LogP contribution is 2.32. The molecule has 0 aliphatic heterocycles. The van der Waals surface area contributed by atoms with Crippen molar-refractivity contribution in [2.24, 2.45) is 17.8 Å². The van der Waals surface area contributed by atoms with E-state index >= 15 is 0 Å². The first-order valence-corrected chi connectivity index (χ1v) is 7.63. The van der Waals surface area contributed by atoms with E-state index in [-0.39, 0.29) is 0 Å². The molecule has 0 aromatic rings. The monoisotopic (exact) mass is 223 g/mol. The van der Waals surface area contributed by atoms with Gasteiger partial charge in [-0.05, 0) is 43.4 Å². The SMILES string of the molecule is CCC1[CH]CCCCC(CC)CC(CC)C1. The van der Waals surface area contributed by atoms with Gasteiger partial charge in [0, 0.05) is 0 Å². The van der Waals surface area contributed by atoms with Crippen LogP contribution in [0.1, 0.15) is 78.6 Å². The molecule has 3 atom stereocenters. The summed E-state index contributed by atoms with van der Waals surface area (Å²) in [5, 5.41) is 0. The molecule has 0 bridgehead atoms. The van der Waals surface area contributed by atoms with E-state index < -0.39 is 0 Å². The Morgan fingerprint density at radius 2 is 1.62 bits per heavy atom. The van der Waals surface area contributed by atoms with Crippen molar-refractivity contribution in [2.75, 3.05) is 0 Å². The second-order valence-corrected chi connectivity index (χ2v) is 5.71. The van der Waals surface area contributed by atoms with Crippen LogP contribution in [-0.4, -0.2) is 0 Å². The van der Waals surface area contributed by atoms with Crippen LogP contribution < -0.4 is 0 Å². The molecular weight excluding hydrogens is 192 g/mol. The third-order valence-electron chi connectivity index (χ3n) is 4.55. The van der Waals surface area contributed by atoms with E-state index in [4.69, 9.17) is 0 Å². The van der Waals surface area contributed by atoms with Gasteiger partial charge in [0.25, 0.3) is 0 Å². The fraction of sp³-hybridized carbons (Fsp3) is 0.938. The average Bonchev–Trinajstić information content (AvgIpc) is 2.34. The number of hydrogen-bond donors (Lipinski definition) is 0. The first-order chi connectivity index (χ1) is 7.80. The molecule has 0 aromatic heterocycles. The van der Waals surface area contributed by atoms with Gasteiger partial charge < -0.3 is 0 Å². The summed E-state index contributed by atoms with van der Waals surface area (Å²) in [5.41, 5.74) is 0. The lowest BCUT2D eigenvalue weighted by Crippen LogP contribution is -2.14. The summed E-state index contributed by atoms with van der Waals surface area (Å²) < 4.78 is 0. The second kappa shape index (κ2) is 8.14. The molecule has 1 radical (unpaired) electrons. The quantitative estimate of drug-likeness (QED) is 0.582. The van der Waals surface area contributed by atoms with Gasteiger partial charge in [-0.1, -0.05) is 59.3 Å². The van der Waals surface area contributed by atoms with Crippen molar-refractivity contribution in [1.29, 1.82) is 0 Å². The molecule has 1 saturated carbocycles. The minimum Gasteiger partial charge on any atom is -0.0651 e. The van der Waals surface area contributed by atoms with Crippen molar-refractivity contribution in [1.82, 2.24) is 0 Å². The van der Waals surface area contributed by atoms with Crippen LogP contribution in [0.25, 0.3) is 0 Å². The molecule has 0 nitrogen and oxygen atoms in total. The van der Waals surface area contributed by atoms with E-state index in [0.717, 1.165) is 17.8 Å². The molecule has 0 spiro atoms. The Labute approximate surface area is 103 Å². The topological polar surface area (TPSA) is 0 Å². The van der Waals surface area contributed by atoms with Crippen LogP contribution >= 0.6 is 0 Å². The maximum atomic E-state index is 2.62. The van der Waals surface area contributed by atoms with E-state index in [0.29, 0.717) is 0 Å². The normalized spacial score (nSPS) is 33.6. The summed E-state index contributed by atoms with van der Waals surface area (Å²) in [6, 6.07) is 0. The van der Waals surface area contributed by atoms with Gasteiger partial charge in [0.2, 0.25) is 0 Å². The first kappa shape index (κ1) is 14.1. The van der Waals surface area contributed by atoms with E-state index in [2.05, 4.69) is 27.2 Å². The van der Waals surface area contributed by atoms with Crippen molar-refractivity contribution < 1.29 is 0 Å². The zero-order chi connectivity index (χ0) is 11.8. The average molecular weight is 223 g/mol. The van der Waals surface area contributed by atoms with Gasteiger partial charge in [-0.3, -0.25) is 0 Å². The summed E-state index contributed by atoms with van der Waals surface area (Å²) in [7, 11) is 0. The minimum atomic E-state index is 0.903. The largest absolute Gasteiger partial charge is 0.0651 e. The van der Waals surface area contributed by atoms with Crippen molar-refractivity contribution in [3.8, 4) is 0 Å². The minimum absolute atomic E-state index is 0.903. The van der Waals surface area contributed by atoms with Crippen LogP contribution in [0, 0.1) is 24.2 Å². The van der Waals surface area contributed by atoms with Crippen molar-refractivity contribution in [3.63, 3.8) is 0 Å². The summed E-state index contributed by atoms with van der Waals surface area (Å²) >= 11 is 0. The Bertz CT molecular complexity index is 145. The van der Waals surface area contributed by atoms with Gasteiger partial charge in [0.1, 0.15) is 0 Å². The summed E-state index contributed by atoms with van der Waals surface area (Å²) in [4.78, 5) is 0. The maximum Gasteiger partial charge on any atom is -0.0355 e. The third-order valence-corrected chi connectivity index (χ3v) is 4.55. The van der Waals surface area contributed by atoms with E-state index in [1.165, 1.54) is 57.8 Å². The van der Waals surface area contributed by atoms with Gasteiger partial charge in [-0.2, -0.15) is 0 Å².